The summed E-state index contributed by atoms with van der Waals surface area (Å²) in [4.78, 5) is 0. The van der Waals surface area contributed by atoms with E-state index in [0.717, 1.165) is 0 Å². The molecule has 0 aliphatic carbocycles. The Bertz CT molecular complexity index is 93.3. The van der Waals surface area contributed by atoms with Crippen LogP contribution in [0.15, 0.2) is 0 Å². The fourth-order valence-electron chi connectivity index (χ4n) is 0.712. The zero-order valence-electron chi connectivity index (χ0n) is 4.33. The Kier molecular flexibility index (Phi) is 1.24. The van der Waals surface area contributed by atoms with Crippen molar-refractivity contribution in [2.75, 3.05) is 6.54 Å². The van der Waals surface area contributed by atoms with Gasteiger partial charge in [-0.05, 0) is 6.42 Å². The van der Waals surface area contributed by atoms with Crippen molar-refractivity contribution < 1.29 is 15.3 Å². The number of rotatable bonds is 0. The Morgan fingerprint density at radius 2 is 2.12 bits per heavy atom. The number of hydrogen-bond acceptors (Lipinski definition) is 4. The molecule has 1 aliphatic heterocycles. The van der Waals surface area contributed by atoms with Gasteiger partial charge < -0.3 is 15.3 Å². The van der Waals surface area contributed by atoms with Crippen LogP contribution in [0.1, 0.15) is 6.42 Å². The van der Waals surface area contributed by atoms with E-state index in [-0.39, 0.29) is 0 Å². The van der Waals surface area contributed by atoms with E-state index >= 15 is 0 Å². The third kappa shape index (κ3) is 0.830. The molecule has 0 aromatic carbocycles. The summed E-state index contributed by atoms with van der Waals surface area (Å²) in [5.41, 5.74) is 0. The summed E-state index contributed by atoms with van der Waals surface area (Å²) >= 11 is 0. The van der Waals surface area contributed by atoms with Crippen molar-refractivity contribution in [2.24, 2.45) is 0 Å². The summed E-state index contributed by atoms with van der Waals surface area (Å²) in [5, 5.41) is 28.3. The molecule has 4 nitrogen and oxygen atoms in total. The maximum Gasteiger partial charge on any atom is 0.249 e. The van der Waals surface area contributed by atoms with Crippen LogP contribution in [0.25, 0.3) is 0 Å². The van der Waals surface area contributed by atoms with Gasteiger partial charge in [-0.3, -0.25) is 5.32 Å². The summed E-state index contributed by atoms with van der Waals surface area (Å²) < 4.78 is 0. The molecular weight excluding hydrogens is 110 g/mol. The second-order valence-electron chi connectivity index (χ2n) is 1.96. The van der Waals surface area contributed by atoms with Crippen molar-refractivity contribution in [2.45, 2.75) is 18.4 Å². The molecule has 48 valence electrons. The minimum atomic E-state index is -2.04. The zero-order chi connectivity index (χ0) is 6.20. The predicted octanol–water partition coefficient (Wildman–Crippen LogP) is -2.02. The summed E-state index contributed by atoms with van der Waals surface area (Å²) in [6, 6.07) is 0. The Hall–Kier alpha value is -0.160. The van der Waals surface area contributed by atoms with Crippen LogP contribution in [0.2, 0.25) is 0 Å². The predicted molar refractivity (Wildman–Crippen MR) is 25.8 cm³/mol. The lowest BCUT2D eigenvalue weighted by Crippen LogP contribution is -2.47. The molecule has 0 amide bonds. The number of aliphatic hydroxyl groups is 3. The molecule has 4 N–H and O–H groups in total. The standard InChI is InChI=1S/C4H9NO3/c6-3-1-2-5-4(3,7)8/h3,5-8H,1-2H2. The fourth-order valence-corrected chi connectivity index (χ4v) is 0.712. The zero-order valence-corrected chi connectivity index (χ0v) is 4.33. The Labute approximate surface area is 46.8 Å². The molecule has 0 spiro atoms. The average Bonchev–Trinajstić information content (AvgIpc) is 1.86. The topological polar surface area (TPSA) is 72.7 Å². The maximum atomic E-state index is 8.69. The molecule has 0 bridgehead atoms. The second kappa shape index (κ2) is 1.66. The van der Waals surface area contributed by atoms with Crippen LogP contribution in [0.3, 0.4) is 0 Å². The van der Waals surface area contributed by atoms with Gasteiger partial charge in [0.2, 0.25) is 5.91 Å². The summed E-state index contributed by atoms with van der Waals surface area (Å²) in [7, 11) is 0. The average molecular weight is 119 g/mol. The number of aliphatic hydroxyl groups excluding tert-OH is 1. The Morgan fingerprint density at radius 1 is 1.50 bits per heavy atom. The molecule has 1 aliphatic rings. The molecule has 0 radical (unpaired) electrons. The van der Waals surface area contributed by atoms with Gasteiger partial charge in [-0.1, -0.05) is 0 Å². The van der Waals surface area contributed by atoms with Gasteiger partial charge in [-0.25, -0.2) is 0 Å². The van der Waals surface area contributed by atoms with Crippen LogP contribution in [0.4, 0.5) is 0 Å². The first-order valence-corrected chi connectivity index (χ1v) is 2.51. The Morgan fingerprint density at radius 3 is 2.25 bits per heavy atom. The molecule has 1 saturated heterocycles. The highest BCUT2D eigenvalue weighted by Crippen LogP contribution is 2.11. The summed E-state index contributed by atoms with van der Waals surface area (Å²) in [6.45, 7) is 0.453. The van der Waals surface area contributed by atoms with Gasteiger partial charge >= 0.3 is 0 Å². The smallest absolute Gasteiger partial charge is 0.249 e. The van der Waals surface area contributed by atoms with Crippen molar-refractivity contribution in [1.29, 1.82) is 0 Å². The highest BCUT2D eigenvalue weighted by molar-refractivity contribution is 4.80. The highest BCUT2D eigenvalue weighted by Gasteiger charge is 2.37. The first-order chi connectivity index (χ1) is 3.63. The van der Waals surface area contributed by atoms with Crippen LogP contribution in [-0.4, -0.2) is 33.9 Å². The molecule has 8 heavy (non-hydrogen) atoms. The van der Waals surface area contributed by atoms with Gasteiger partial charge in [0.1, 0.15) is 6.10 Å². The lowest BCUT2D eigenvalue weighted by atomic mass is 10.3. The van der Waals surface area contributed by atoms with Crippen molar-refractivity contribution in [1.82, 2.24) is 5.32 Å². The van der Waals surface area contributed by atoms with Crippen molar-refractivity contribution in [3.8, 4) is 0 Å². The van der Waals surface area contributed by atoms with Crippen LogP contribution < -0.4 is 5.32 Å². The Balaban J connectivity index is 2.54. The van der Waals surface area contributed by atoms with E-state index < -0.39 is 12.0 Å². The van der Waals surface area contributed by atoms with Crippen molar-refractivity contribution in [3.05, 3.63) is 0 Å². The van der Waals surface area contributed by atoms with Crippen LogP contribution in [-0.2, 0) is 0 Å². The van der Waals surface area contributed by atoms with Crippen molar-refractivity contribution in [3.63, 3.8) is 0 Å². The third-order valence-electron chi connectivity index (χ3n) is 1.27. The van der Waals surface area contributed by atoms with E-state index in [4.69, 9.17) is 15.3 Å². The van der Waals surface area contributed by atoms with Gasteiger partial charge in [0.15, 0.2) is 0 Å². The van der Waals surface area contributed by atoms with E-state index in [9.17, 15) is 0 Å². The van der Waals surface area contributed by atoms with Gasteiger partial charge in [-0.2, -0.15) is 0 Å². The number of nitrogens with one attached hydrogen (secondary N) is 1. The molecule has 0 aromatic rings. The molecule has 1 rings (SSSR count). The summed E-state index contributed by atoms with van der Waals surface area (Å²) in [5.74, 6) is -2.04. The lowest BCUT2D eigenvalue weighted by molar-refractivity contribution is -0.223. The molecular formula is C4H9NO3. The summed E-state index contributed by atoms with van der Waals surface area (Å²) in [6.07, 6.45) is -0.644. The van der Waals surface area contributed by atoms with Crippen LogP contribution in [0, 0.1) is 0 Å². The second-order valence-corrected chi connectivity index (χ2v) is 1.96. The SMILES string of the molecule is OC1CCNC1(O)O. The molecule has 1 fully saturated rings. The van der Waals surface area contributed by atoms with E-state index in [0.29, 0.717) is 13.0 Å². The van der Waals surface area contributed by atoms with Gasteiger partial charge in [0.25, 0.3) is 0 Å². The largest absolute Gasteiger partial charge is 0.386 e. The van der Waals surface area contributed by atoms with Crippen molar-refractivity contribution >= 4 is 0 Å². The minimum Gasteiger partial charge on any atom is -0.386 e. The van der Waals surface area contributed by atoms with Crippen LogP contribution >= 0.6 is 0 Å². The first kappa shape index (κ1) is 5.97. The number of hydrogen-bond donors (Lipinski definition) is 4. The van der Waals surface area contributed by atoms with E-state index in [1.807, 2.05) is 0 Å². The van der Waals surface area contributed by atoms with Gasteiger partial charge in [0, 0.05) is 6.54 Å². The maximum absolute atomic E-state index is 8.69. The fraction of sp³-hybridized carbons (Fsp3) is 1.00. The first-order valence-electron chi connectivity index (χ1n) is 2.51. The van der Waals surface area contributed by atoms with Crippen LogP contribution in [0.5, 0.6) is 0 Å². The molecule has 0 aromatic heterocycles. The van der Waals surface area contributed by atoms with E-state index in [2.05, 4.69) is 5.32 Å². The highest BCUT2D eigenvalue weighted by atomic mass is 16.5. The normalized spacial score (nSPS) is 35.6. The molecule has 1 heterocycles. The third-order valence-corrected chi connectivity index (χ3v) is 1.27. The molecule has 1 unspecified atom stereocenters. The molecule has 0 saturated carbocycles. The molecule has 4 heteroatoms. The molecule has 1 atom stereocenters. The van der Waals surface area contributed by atoms with Gasteiger partial charge in [-0.15, -0.1) is 0 Å². The monoisotopic (exact) mass is 119 g/mol. The van der Waals surface area contributed by atoms with E-state index in [1.54, 1.807) is 0 Å². The quantitative estimate of drug-likeness (QED) is 0.278. The van der Waals surface area contributed by atoms with Gasteiger partial charge in [0.05, 0.1) is 0 Å². The minimum absolute atomic E-state index is 0.396. The lowest BCUT2D eigenvalue weighted by Gasteiger charge is -2.18. The van der Waals surface area contributed by atoms with E-state index in [1.165, 1.54) is 0 Å².